The molecule has 2 N–H and O–H groups in total. The minimum atomic E-state index is -0.779. The molecule has 2 aliphatic heterocycles. The summed E-state index contributed by atoms with van der Waals surface area (Å²) in [7, 11) is 1.94. The molecule has 0 saturated carbocycles. The van der Waals surface area contributed by atoms with E-state index in [2.05, 4.69) is 15.2 Å². The topological polar surface area (TPSA) is 121 Å². The van der Waals surface area contributed by atoms with E-state index < -0.39 is 11.5 Å². The van der Waals surface area contributed by atoms with Crippen molar-refractivity contribution in [1.82, 2.24) is 9.88 Å². The number of rotatable bonds is 10. The first kappa shape index (κ1) is 30.6. The summed E-state index contributed by atoms with van der Waals surface area (Å²) in [6.45, 7) is 13.6. The maximum Gasteiger partial charge on any atom is 0.298 e. The zero-order chi connectivity index (χ0) is 28.4. The van der Waals surface area contributed by atoms with Gasteiger partial charge in [-0.15, -0.1) is 0 Å². The molecule has 0 aliphatic carbocycles. The Balaban J connectivity index is 0.00000205. The van der Waals surface area contributed by atoms with E-state index in [1.165, 1.54) is 6.26 Å². The fourth-order valence-corrected chi connectivity index (χ4v) is 4.35. The second-order valence-corrected chi connectivity index (χ2v) is 10.2. The summed E-state index contributed by atoms with van der Waals surface area (Å²) < 4.78 is 16.4. The molecule has 1 aromatic heterocycles. The fourth-order valence-electron chi connectivity index (χ4n) is 4.35. The third-order valence-electron chi connectivity index (χ3n) is 6.54. The van der Waals surface area contributed by atoms with Crippen LogP contribution in [0.1, 0.15) is 60.5 Å². The number of hydrogen-bond acceptors (Lipinski definition) is 10. The van der Waals surface area contributed by atoms with Gasteiger partial charge in [0.15, 0.2) is 5.69 Å². The van der Waals surface area contributed by atoms with Gasteiger partial charge in [-0.3, -0.25) is 9.59 Å². The number of nitrogens with zero attached hydrogens (tertiary/aromatic N) is 4. The van der Waals surface area contributed by atoms with Crippen molar-refractivity contribution in [2.75, 3.05) is 81.3 Å². The molecule has 0 atom stereocenters. The lowest BCUT2D eigenvalue weighted by Crippen LogP contribution is -2.37. The SMILES string of the molecule is CC.CN(CCC(C)(C)O)Cc1cc(NC(=O)c2coc(N3CCOCC3)n2)c(N2CCOCC2)cc1C=O. The quantitative estimate of drug-likeness (QED) is 0.431. The minimum absolute atomic E-state index is 0.178. The highest BCUT2D eigenvalue weighted by Crippen LogP contribution is 2.31. The van der Waals surface area contributed by atoms with Gasteiger partial charge in [-0.2, -0.15) is 4.98 Å². The van der Waals surface area contributed by atoms with Crippen molar-refractivity contribution < 1.29 is 28.6 Å². The van der Waals surface area contributed by atoms with Crippen molar-refractivity contribution in [2.24, 2.45) is 0 Å². The first-order chi connectivity index (χ1) is 18.7. The smallest absolute Gasteiger partial charge is 0.298 e. The van der Waals surface area contributed by atoms with E-state index in [1.807, 2.05) is 42.8 Å². The largest absolute Gasteiger partial charge is 0.431 e. The number of carbonyl (C=O) groups is 2. The number of oxazole rings is 1. The molecule has 11 heteroatoms. The van der Waals surface area contributed by atoms with Crippen LogP contribution in [-0.2, 0) is 16.0 Å². The molecule has 11 nitrogen and oxygen atoms in total. The maximum atomic E-state index is 13.2. The predicted molar refractivity (Wildman–Crippen MR) is 151 cm³/mol. The lowest BCUT2D eigenvalue weighted by Gasteiger charge is -2.31. The Morgan fingerprint density at radius 3 is 2.31 bits per heavy atom. The van der Waals surface area contributed by atoms with Gasteiger partial charge in [0.25, 0.3) is 11.9 Å². The summed E-state index contributed by atoms with van der Waals surface area (Å²) in [6, 6.07) is 4.08. The number of carbonyl (C=O) groups excluding carboxylic acids is 2. The van der Waals surface area contributed by atoms with E-state index in [0.29, 0.717) is 89.4 Å². The van der Waals surface area contributed by atoms with Crippen molar-refractivity contribution in [3.8, 4) is 0 Å². The predicted octanol–water partition coefficient (Wildman–Crippen LogP) is 3.03. The van der Waals surface area contributed by atoms with E-state index in [4.69, 9.17) is 13.9 Å². The number of aliphatic hydroxyl groups is 1. The number of hydrogen-bond donors (Lipinski definition) is 2. The van der Waals surface area contributed by atoms with Crippen LogP contribution in [0, 0.1) is 0 Å². The molecule has 3 heterocycles. The summed E-state index contributed by atoms with van der Waals surface area (Å²) in [4.78, 5) is 35.8. The molecule has 39 heavy (non-hydrogen) atoms. The molecule has 216 valence electrons. The monoisotopic (exact) mass is 545 g/mol. The Morgan fingerprint density at radius 1 is 1.10 bits per heavy atom. The molecule has 4 rings (SSSR count). The Bertz CT molecular complexity index is 1070. The first-order valence-electron chi connectivity index (χ1n) is 13.7. The van der Waals surface area contributed by atoms with Crippen LogP contribution in [0.4, 0.5) is 17.4 Å². The lowest BCUT2D eigenvalue weighted by molar-refractivity contribution is 0.0599. The Kier molecular flexibility index (Phi) is 11.3. The number of ether oxygens (including phenoxy) is 2. The summed E-state index contributed by atoms with van der Waals surface area (Å²) in [5.41, 5.74) is 2.11. The van der Waals surface area contributed by atoms with Crippen molar-refractivity contribution in [1.29, 1.82) is 0 Å². The molecule has 2 aliphatic rings. The molecule has 0 bridgehead atoms. The molecule has 0 unspecified atom stereocenters. The molecule has 0 spiro atoms. The van der Waals surface area contributed by atoms with Crippen molar-refractivity contribution >= 4 is 29.6 Å². The van der Waals surface area contributed by atoms with Crippen LogP contribution < -0.4 is 15.1 Å². The Labute approximate surface area is 231 Å². The van der Waals surface area contributed by atoms with Crippen LogP contribution in [0.25, 0.3) is 0 Å². The van der Waals surface area contributed by atoms with Crippen molar-refractivity contribution in [2.45, 2.75) is 46.3 Å². The maximum absolute atomic E-state index is 13.2. The Morgan fingerprint density at radius 2 is 1.72 bits per heavy atom. The van der Waals surface area contributed by atoms with Gasteiger partial charge >= 0.3 is 0 Å². The van der Waals surface area contributed by atoms with E-state index in [1.54, 1.807) is 13.8 Å². The number of nitrogens with one attached hydrogen (secondary N) is 1. The van der Waals surface area contributed by atoms with Crippen LogP contribution >= 0.6 is 0 Å². The molecule has 2 aromatic rings. The van der Waals surface area contributed by atoms with Crippen molar-refractivity contribution in [3.05, 3.63) is 35.2 Å². The normalized spacial score (nSPS) is 16.1. The molecule has 0 radical (unpaired) electrons. The van der Waals surface area contributed by atoms with Gasteiger partial charge in [0.2, 0.25) is 0 Å². The van der Waals surface area contributed by atoms with Gasteiger partial charge in [-0.1, -0.05) is 13.8 Å². The highest BCUT2D eigenvalue weighted by atomic mass is 16.5. The van der Waals surface area contributed by atoms with Crippen molar-refractivity contribution in [3.63, 3.8) is 0 Å². The van der Waals surface area contributed by atoms with E-state index in [0.717, 1.165) is 17.5 Å². The number of aldehydes is 1. The summed E-state index contributed by atoms with van der Waals surface area (Å²) in [5.74, 6) is -0.391. The van der Waals surface area contributed by atoms with E-state index in [9.17, 15) is 14.7 Å². The average Bonchev–Trinajstić information content (AvgIpc) is 3.45. The zero-order valence-electron chi connectivity index (χ0n) is 23.9. The summed E-state index contributed by atoms with van der Waals surface area (Å²) in [5, 5.41) is 13.1. The standard InChI is InChI=1S/C26H37N5O6.C2H6/c1-26(2,34)4-5-29(3)16-19-14-21(23(15-20(19)17-32)30-6-10-35-11-7-30)27-24(33)22-18-37-25(28-22)31-8-12-36-13-9-31;1-2/h14-15,17-18,34H,4-13,16H2,1-3H3,(H,27,33);1-2H3. The third kappa shape index (κ3) is 8.76. The molecule has 1 aromatic carbocycles. The Hall–Kier alpha value is -2.99. The molecular formula is C28H43N5O6. The third-order valence-corrected chi connectivity index (χ3v) is 6.54. The summed E-state index contributed by atoms with van der Waals surface area (Å²) >= 11 is 0. The lowest BCUT2D eigenvalue weighted by atomic mass is 10.0. The molecule has 1 amide bonds. The van der Waals surface area contributed by atoms with E-state index in [-0.39, 0.29) is 5.69 Å². The first-order valence-corrected chi connectivity index (χ1v) is 13.7. The number of benzene rings is 1. The van der Waals surface area contributed by atoms with Gasteiger partial charge < -0.3 is 39.0 Å². The molecule has 2 fully saturated rings. The highest BCUT2D eigenvalue weighted by Gasteiger charge is 2.23. The number of amides is 1. The van der Waals surface area contributed by atoms with Crippen LogP contribution in [0.2, 0.25) is 0 Å². The minimum Gasteiger partial charge on any atom is -0.431 e. The highest BCUT2D eigenvalue weighted by molar-refractivity contribution is 6.05. The fraction of sp³-hybridized carbons (Fsp3) is 0.607. The molecular weight excluding hydrogens is 502 g/mol. The van der Waals surface area contributed by atoms with Crippen LogP contribution in [-0.4, -0.2) is 99.0 Å². The molecule has 2 saturated heterocycles. The number of morpholine rings is 2. The summed E-state index contributed by atoms with van der Waals surface area (Å²) in [6.07, 6.45) is 2.80. The number of aromatic nitrogens is 1. The van der Waals surface area contributed by atoms with Gasteiger partial charge in [0, 0.05) is 44.8 Å². The average molecular weight is 546 g/mol. The second-order valence-electron chi connectivity index (χ2n) is 10.2. The van der Waals surface area contributed by atoms with Gasteiger partial charge in [-0.05, 0) is 45.0 Å². The van der Waals surface area contributed by atoms with Gasteiger partial charge in [0.1, 0.15) is 12.5 Å². The van der Waals surface area contributed by atoms with Crippen LogP contribution in [0.3, 0.4) is 0 Å². The van der Waals surface area contributed by atoms with Gasteiger partial charge in [-0.25, -0.2) is 0 Å². The zero-order valence-corrected chi connectivity index (χ0v) is 23.9. The second kappa shape index (κ2) is 14.4. The van der Waals surface area contributed by atoms with Gasteiger partial charge in [0.05, 0.1) is 43.4 Å². The van der Waals surface area contributed by atoms with E-state index >= 15 is 0 Å². The number of anilines is 3. The van der Waals surface area contributed by atoms with Crippen LogP contribution in [0.15, 0.2) is 22.8 Å². The van der Waals surface area contributed by atoms with Crippen LogP contribution in [0.5, 0.6) is 0 Å².